The molecule has 2 nitrogen and oxygen atoms in total. The van der Waals surface area contributed by atoms with Crippen molar-refractivity contribution in [2.24, 2.45) is 0 Å². The summed E-state index contributed by atoms with van der Waals surface area (Å²) in [5.41, 5.74) is 6.46. The van der Waals surface area contributed by atoms with Gasteiger partial charge in [-0.25, -0.2) is 0 Å². The molecule has 106 valence electrons. The minimum Gasteiger partial charge on any atom is -0.489 e. The molecule has 0 saturated heterocycles. The van der Waals surface area contributed by atoms with Gasteiger partial charge in [0.05, 0.1) is 0 Å². The zero-order valence-electron chi connectivity index (χ0n) is 12.8. The second-order valence-corrected chi connectivity index (χ2v) is 5.34. The number of rotatable bonds is 5. The van der Waals surface area contributed by atoms with Crippen molar-refractivity contribution >= 4 is 0 Å². The van der Waals surface area contributed by atoms with Gasteiger partial charge in [0.1, 0.15) is 12.4 Å². The Morgan fingerprint density at radius 2 is 1.55 bits per heavy atom. The molecule has 20 heavy (non-hydrogen) atoms. The van der Waals surface area contributed by atoms with Crippen LogP contribution < -0.4 is 10.1 Å². The Morgan fingerprint density at radius 1 is 0.950 bits per heavy atom. The minimum absolute atomic E-state index is 0.628. The Bertz CT molecular complexity index is 549. The summed E-state index contributed by atoms with van der Waals surface area (Å²) in [5.74, 6) is 0.921. The molecule has 0 bridgehead atoms. The lowest BCUT2D eigenvalue weighted by atomic mass is 10.0. The fraction of sp³-hybridized carbons (Fsp3) is 0.333. The number of aryl methyl sites for hydroxylation is 3. The van der Waals surface area contributed by atoms with Crippen LogP contribution in [-0.4, -0.2) is 7.05 Å². The molecule has 0 spiro atoms. The summed E-state index contributed by atoms with van der Waals surface area (Å²) in [5, 5.41) is 3.14. The summed E-state index contributed by atoms with van der Waals surface area (Å²) in [6.45, 7) is 7.94. The summed E-state index contributed by atoms with van der Waals surface area (Å²) < 4.78 is 5.91. The highest BCUT2D eigenvalue weighted by Crippen LogP contribution is 2.20. The van der Waals surface area contributed by atoms with E-state index in [0.29, 0.717) is 6.61 Å². The van der Waals surface area contributed by atoms with E-state index in [-0.39, 0.29) is 0 Å². The molecule has 0 heterocycles. The molecule has 0 amide bonds. The molecule has 0 aliphatic heterocycles. The van der Waals surface area contributed by atoms with Crippen LogP contribution in [-0.2, 0) is 13.2 Å². The van der Waals surface area contributed by atoms with Gasteiger partial charge < -0.3 is 10.1 Å². The fourth-order valence-electron chi connectivity index (χ4n) is 2.50. The van der Waals surface area contributed by atoms with Crippen molar-refractivity contribution in [1.29, 1.82) is 0 Å². The number of hydrogen-bond donors (Lipinski definition) is 1. The van der Waals surface area contributed by atoms with E-state index in [4.69, 9.17) is 4.74 Å². The summed E-state index contributed by atoms with van der Waals surface area (Å²) >= 11 is 0. The molecule has 1 N–H and O–H groups in total. The van der Waals surface area contributed by atoms with Crippen molar-refractivity contribution in [3.8, 4) is 5.75 Å². The maximum atomic E-state index is 5.91. The molecule has 2 heteroatoms. The van der Waals surface area contributed by atoms with Gasteiger partial charge in [-0.05, 0) is 62.2 Å². The van der Waals surface area contributed by atoms with E-state index in [1.165, 1.54) is 27.8 Å². The largest absolute Gasteiger partial charge is 0.489 e. The van der Waals surface area contributed by atoms with E-state index < -0.39 is 0 Å². The number of nitrogens with one attached hydrogen (secondary N) is 1. The minimum atomic E-state index is 0.628. The first-order valence-corrected chi connectivity index (χ1v) is 7.03. The Kier molecular flexibility index (Phi) is 4.80. The number of benzene rings is 2. The van der Waals surface area contributed by atoms with Gasteiger partial charge in [-0.3, -0.25) is 0 Å². The highest BCUT2D eigenvalue weighted by Gasteiger charge is 2.05. The average Bonchev–Trinajstić information content (AvgIpc) is 2.39. The third kappa shape index (κ3) is 3.61. The first-order valence-electron chi connectivity index (χ1n) is 7.03. The maximum Gasteiger partial charge on any atom is 0.119 e. The van der Waals surface area contributed by atoms with Crippen LogP contribution >= 0.6 is 0 Å². The van der Waals surface area contributed by atoms with Crippen molar-refractivity contribution in [1.82, 2.24) is 5.32 Å². The normalized spacial score (nSPS) is 10.6. The van der Waals surface area contributed by atoms with Crippen molar-refractivity contribution < 1.29 is 4.74 Å². The molecule has 0 aromatic heterocycles. The van der Waals surface area contributed by atoms with E-state index in [0.717, 1.165) is 12.3 Å². The Hall–Kier alpha value is -1.80. The van der Waals surface area contributed by atoms with Gasteiger partial charge in [0, 0.05) is 6.54 Å². The van der Waals surface area contributed by atoms with Crippen LogP contribution in [0.2, 0.25) is 0 Å². The van der Waals surface area contributed by atoms with Crippen molar-refractivity contribution in [2.45, 2.75) is 33.9 Å². The lowest BCUT2D eigenvalue weighted by Gasteiger charge is -2.13. The van der Waals surface area contributed by atoms with E-state index in [1.54, 1.807) is 0 Å². The smallest absolute Gasteiger partial charge is 0.119 e. The fourth-order valence-corrected chi connectivity index (χ4v) is 2.50. The Labute approximate surface area is 121 Å². The molecule has 0 aliphatic carbocycles. The molecular formula is C18H23NO. The molecule has 0 unspecified atom stereocenters. The quantitative estimate of drug-likeness (QED) is 0.888. The lowest BCUT2D eigenvalue weighted by molar-refractivity contribution is 0.304. The van der Waals surface area contributed by atoms with E-state index in [1.807, 2.05) is 19.2 Å². The van der Waals surface area contributed by atoms with Crippen LogP contribution in [0.25, 0.3) is 0 Å². The molecule has 0 atom stereocenters. The zero-order chi connectivity index (χ0) is 14.5. The summed E-state index contributed by atoms with van der Waals surface area (Å²) in [7, 11) is 1.95. The second-order valence-electron chi connectivity index (χ2n) is 5.34. The molecule has 0 radical (unpaired) electrons. The molecule has 2 rings (SSSR count). The molecule has 0 saturated carbocycles. The van der Waals surface area contributed by atoms with Crippen LogP contribution in [0, 0.1) is 20.8 Å². The highest BCUT2D eigenvalue weighted by atomic mass is 16.5. The molecular weight excluding hydrogens is 246 g/mol. The van der Waals surface area contributed by atoms with Gasteiger partial charge in [0.2, 0.25) is 0 Å². The average molecular weight is 269 g/mol. The van der Waals surface area contributed by atoms with Crippen LogP contribution in [0.1, 0.15) is 27.8 Å². The van der Waals surface area contributed by atoms with Gasteiger partial charge in [-0.1, -0.05) is 29.8 Å². The Balaban J connectivity index is 2.05. The third-order valence-electron chi connectivity index (χ3n) is 3.53. The van der Waals surface area contributed by atoms with Gasteiger partial charge in [-0.15, -0.1) is 0 Å². The van der Waals surface area contributed by atoms with Gasteiger partial charge >= 0.3 is 0 Å². The summed E-state index contributed by atoms with van der Waals surface area (Å²) in [4.78, 5) is 0. The van der Waals surface area contributed by atoms with Crippen molar-refractivity contribution in [3.63, 3.8) is 0 Å². The molecule has 2 aromatic rings. The van der Waals surface area contributed by atoms with Gasteiger partial charge in [-0.2, -0.15) is 0 Å². The molecule has 2 aromatic carbocycles. The van der Waals surface area contributed by atoms with E-state index >= 15 is 0 Å². The van der Waals surface area contributed by atoms with Crippen molar-refractivity contribution in [2.75, 3.05) is 7.05 Å². The standard InChI is InChI=1S/C18H23NO/c1-13-9-14(2)18(15(3)10-13)12-20-17-7-5-16(6-8-17)11-19-4/h5-10,19H,11-12H2,1-4H3. The number of hydrogen-bond acceptors (Lipinski definition) is 2. The predicted octanol–water partition coefficient (Wildman–Crippen LogP) is 3.91. The molecule has 0 aliphatic rings. The zero-order valence-corrected chi connectivity index (χ0v) is 12.8. The summed E-state index contributed by atoms with van der Waals surface area (Å²) in [6, 6.07) is 12.7. The topological polar surface area (TPSA) is 21.3 Å². The van der Waals surface area contributed by atoms with Crippen molar-refractivity contribution in [3.05, 3.63) is 64.2 Å². The van der Waals surface area contributed by atoms with E-state index in [9.17, 15) is 0 Å². The van der Waals surface area contributed by atoms with Crippen LogP contribution in [0.4, 0.5) is 0 Å². The van der Waals surface area contributed by atoms with Gasteiger partial charge in [0.15, 0.2) is 0 Å². The predicted molar refractivity (Wildman–Crippen MR) is 84.2 cm³/mol. The van der Waals surface area contributed by atoms with Crippen LogP contribution in [0.5, 0.6) is 5.75 Å². The first kappa shape index (κ1) is 14.6. The van der Waals surface area contributed by atoms with E-state index in [2.05, 4.69) is 50.4 Å². The molecule has 0 fully saturated rings. The lowest BCUT2D eigenvalue weighted by Crippen LogP contribution is -2.05. The SMILES string of the molecule is CNCc1ccc(OCc2c(C)cc(C)cc2C)cc1. The van der Waals surface area contributed by atoms with Crippen LogP contribution in [0.15, 0.2) is 36.4 Å². The monoisotopic (exact) mass is 269 g/mol. The maximum absolute atomic E-state index is 5.91. The van der Waals surface area contributed by atoms with Gasteiger partial charge in [0.25, 0.3) is 0 Å². The highest BCUT2D eigenvalue weighted by molar-refractivity contribution is 5.37. The third-order valence-corrected chi connectivity index (χ3v) is 3.53. The summed E-state index contributed by atoms with van der Waals surface area (Å²) in [6.07, 6.45) is 0. The Morgan fingerprint density at radius 3 is 2.10 bits per heavy atom. The first-order chi connectivity index (χ1) is 9.60. The number of ether oxygens (including phenoxy) is 1. The second kappa shape index (κ2) is 6.58. The van der Waals surface area contributed by atoms with Crippen LogP contribution in [0.3, 0.4) is 0 Å².